The molecule has 0 aliphatic heterocycles. The molecule has 0 spiro atoms. The van der Waals surface area contributed by atoms with Gasteiger partial charge in [0.2, 0.25) is 5.91 Å². The lowest BCUT2D eigenvalue weighted by atomic mass is 10.2. The van der Waals surface area contributed by atoms with Gasteiger partial charge >= 0.3 is 0 Å². The highest BCUT2D eigenvalue weighted by atomic mass is 35.5. The summed E-state index contributed by atoms with van der Waals surface area (Å²) in [6, 6.07) is 7.65. The number of carbonyl (C=O) groups is 1. The number of hydrogen-bond donors (Lipinski definition) is 1. The fourth-order valence-corrected chi connectivity index (χ4v) is 3.59. The van der Waals surface area contributed by atoms with Crippen molar-refractivity contribution in [3.63, 3.8) is 0 Å². The molecule has 0 fully saturated rings. The molecule has 25 heavy (non-hydrogen) atoms. The second-order valence-corrected chi connectivity index (χ2v) is 6.91. The number of amides is 1. The largest absolute Gasteiger partial charge is 0.302 e. The number of carbonyl (C=O) groups excluding carboxylic acids is 1. The Balaban J connectivity index is 1.71. The van der Waals surface area contributed by atoms with Gasteiger partial charge in [0.1, 0.15) is 11.0 Å². The summed E-state index contributed by atoms with van der Waals surface area (Å²) in [6.07, 6.45) is -0.00356. The summed E-state index contributed by atoms with van der Waals surface area (Å²) < 4.78 is 13.0. The monoisotopic (exact) mass is 395 g/mol. The van der Waals surface area contributed by atoms with E-state index in [4.69, 9.17) is 23.2 Å². The molecule has 1 amide bonds. The smallest absolute Gasteiger partial charge is 0.230 e. The zero-order chi connectivity index (χ0) is 18.0. The molecule has 3 aromatic rings. The van der Waals surface area contributed by atoms with Gasteiger partial charge in [-0.2, -0.15) is 0 Å². The van der Waals surface area contributed by atoms with E-state index in [9.17, 15) is 9.18 Å². The van der Waals surface area contributed by atoms with Crippen LogP contribution in [0.15, 0.2) is 35.7 Å². The van der Waals surface area contributed by atoms with Crippen LogP contribution in [0.25, 0.3) is 11.3 Å². The number of halogens is 3. The van der Waals surface area contributed by atoms with Crippen molar-refractivity contribution in [1.82, 2.24) is 9.97 Å². The molecule has 0 unspecified atom stereocenters. The maximum Gasteiger partial charge on any atom is 0.230 e. The maximum atomic E-state index is 13.0. The van der Waals surface area contributed by atoms with Gasteiger partial charge in [0.25, 0.3) is 0 Å². The minimum atomic E-state index is -0.312. The van der Waals surface area contributed by atoms with Crippen LogP contribution in [0.3, 0.4) is 0 Å². The molecule has 0 radical (unpaired) electrons. The first-order chi connectivity index (χ1) is 11.9. The zero-order valence-electron chi connectivity index (χ0n) is 13.0. The lowest BCUT2D eigenvalue weighted by Crippen LogP contribution is -2.15. The number of nitrogens with one attached hydrogen (secondary N) is 1. The average molecular weight is 396 g/mol. The van der Waals surface area contributed by atoms with Crippen molar-refractivity contribution in [1.29, 1.82) is 0 Å². The molecule has 0 aliphatic rings. The van der Waals surface area contributed by atoms with E-state index in [1.807, 2.05) is 0 Å². The summed E-state index contributed by atoms with van der Waals surface area (Å²) in [6.45, 7) is 1.77. The van der Waals surface area contributed by atoms with E-state index >= 15 is 0 Å². The van der Waals surface area contributed by atoms with Crippen LogP contribution in [-0.4, -0.2) is 15.9 Å². The Morgan fingerprint density at radius 1 is 1.24 bits per heavy atom. The minimum absolute atomic E-state index is 0.00356. The predicted octanol–water partition coefficient (Wildman–Crippen LogP) is 5.14. The molecular formula is C17H12Cl2FN3OS. The van der Waals surface area contributed by atoms with Crippen LogP contribution in [0.5, 0.6) is 0 Å². The van der Waals surface area contributed by atoms with Gasteiger partial charge in [-0.3, -0.25) is 4.79 Å². The summed E-state index contributed by atoms with van der Waals surface area (Å²) in [7, 11) is 0. The topological polar surface area (TPSA) is 54.9 Å². The number of hydrogen-bond acceptors (Lipinski definition) is 4. The number of rotatable bonds is 4. The second-order valence-electron chi connectivity index (χ2n) is 5.28. The number of anilines is 1. The van der Waals surface area contributed by atoms with Crippen molar-refractivity contribution in [2.75, 3.05) is 5.32 Å². The maximum absolute atomic E-state index is 13.0. The van der Waals surface area contributed by atoms with E-state index in [-0.39, 0.29) is 23.3 Å². The Morgan fingerprint density at radius 3 is 2.64 bits per heavy atom. The van der Waals surface area contributed by atoms with Gasteiger partial charge in [0.05, 0.1) is 12.1 Å². The molecule has 0 aliphatic carbocycles. The van der Waals surface area contributed by atoms with Crippen molar-refractivity contribution in [2.24, 2.45) is 0 Å². The minimum Gasteiger partial charge on any atom is -0.302 e. The van der Waals surface area contributed by atoms with Gasteiger partial charge in [0.15, 0.2) is 5.13 Å². The highest BCUT2D eigenvalue weighted by Crippen LogP contribution is 2.27. The van der Waals surface area contributed by atoms with Gasteiger partial charge in [-0.05, 0) is 37.3 Å². The molecule has 2 heterocycles. The van der Waals surface area contributed by atoms with Crippen molar-refractivity contribution in [3.05, 3.63) is 63.0 Å². The lowest BCUT2D eigenvalue weighted by molar-refractivity contribution is -0.115. The van der Waals surface area contributed by atoms with E-state index in [1.54, 1.807) is 30.5 Å². The van der Waals surface area contributed by atoms with Crippen LogP contribution in [0, 0.1) is 12.7 Å². The molecule has 8 heteroatoms. The van der Waals surface area contributed by atoms with Crippen LogP contribution < -0.4 is 5.32 Å². The van der Waals surface area contributed by atoms with Gasteiger partial charge < -0.3 is 5.32 Å². The summed E-state index contributed by atoms with van der Waals surface area (Å²) in [5, 5.41) is 5.56. The van der Waals surface area contributed by atoms with E-state index < -0.39 is 0 Å². The Morgan fingerprint density at radius 2 is 1.96 bits per heavy atom. The molecular weight excluding hydrogens is 384 g/mol. The Kier molecular flexibility index (Phi) is 5.32. The van der Waals surface area contributed by atoms with Crippen LogP contribution in [-0.2, 0) is 11.2 Å². The molecule has 128 valence electrons. The third-order valence-corrected chi connectivity index (χ3v) is 4.78. The quantitative estimate of drug-likeness (QED) is 0.622. The lowest BCUT2D eigenvalue weighted by Gasteiger charge is -2.07. The SMILES string of the molecule is Cc1cc(Cl)c(CC(=O)Nc2nc(-c3ccc(F)cc3)cs2)c(Cl)n1. The van der Waals surface area contributed by atoms with E-state index in [0.717, 1.165) is 5.56 Å². The first-order valence-corrected chi connectivity index (χ1v) is 8.89. The Hall–Kier alpha value is -2.02. The molecule has 0 saturated heterocycles. The number of nitrogens with zero attached hydrogens (tertiary/aromatic N) is 2. The zero-order valence-corrected chi connectivity index (χ0v) is 15.3. The highest BCUT2D eigenvalue weighted by molar-refractivity contribution is 7.14. The predicted molar refractivity (Wildman–Crippen MR) is 98.8 cm³/mol. The Bertz CT molecular complexity index is 905. The molecule has 1 N–H and O–H groups in total. The van der Waals surface area contributed by atoms with Crippen molar-refractivity contribution in [3.8, 4) is 11.3 Å². The third kappa shape index (κ3) is 4.34. The molecule has 1 aromatic carbocycles. The molecule has 0 atom stereocenters. The molecule has 4 nitrogen and oxygen atoms in total. The second kappa shape index (κ2) is 7.47. The van der Waals surface area contributed by atoms with E-state index in [1.165, 1.54) is 23.5 Å². The first-order valence-electron chi connectivity index (χ1n) is 7.25. The van der Waals surface area contributed by atoms with Gasteiger partial charge in [-0.25, -0.2) is 14.4 Å². The molecule has 0 bridgehead atoms. The summed E-state index contributed by atoms with van der Waals surface area (Å²) >= 11 is 13.5. The van der Waals surface area contributed by atoms with Crippen molar-refractivity contribution in [2.45, 2.75) is 13.3 Å². The number of aryl methyl sites for hydroxylation is 1. The standard InChI is InChI=1S/C17H12Cl2FN3OS/c1-9-6-13(18)12(16(19)21-9)7-15(24)23-17-22-14(8-25-17)10-2-4-11(20)5-3-10/h2-6,8H,7H2,1H3,(H,22,23,24). The number of aromatic nitrogens is 2. The van der Waals surface area contributed by atoms with Gasteiger partial charge in [0, 0.05) is 27.2 Å². The van der Waals surface area contributed by atoms with Crippen molar-refractivity contribution < 1.29 is 9.18 Å². The summed E-state index contributed by atoms with van der Waals surface area (Å²) in [5.41, 5.74) is 2.59. The highest BCUT2D eigenvalue weighted by Gasteiger charge is 2.14. The normalized spacial score (nSPS) is 10.7. The van der Waals surface area contributed by atoms with Crippen LogP contribution >= 0.6 is 34.5 Å². The summed E-state index contributed by atoms with van der Waals surface area (Å²) in [5.74, 6) is -0.609. The van der Waals surface area contributed by atoms with E-state index in [2.05, 4.69) is 15.3 Å². The number of benzene rings is 1. The van der Waals surface area contributed by atoms with Gasteiger partial charge in [-0.15, -0.1) is 11.3 Å². The Labute approximate surface area is 157 Å². The van der Waals surface area contributed by atoms with Crippen LogP contribution in [0.1, 0.15) is 11.3 Å². The van der Waals surface area contributed by atoms with E-state index in [0.29, 0.717) is 27.1 Å². The summed E-state index contributed by atoms with van der Waals surface area (Å²) in [4.78, 5) is 20.7. The number of pyridine rings is 1. The molecule has 0 saturated carbocycles. The van der Waals surface area contributed by atoms with Crippen molar-refractivity contribution >= 4 is 45.6 Å². The fourth-order valence-electron chi connectivity index (χ4n) is 2.19. The number of thiazole rings is 1. The van der Waals surface area contributed by atoms with Crippen LogP contribution in [0.4, 0.5) is 9.52 Å². The average Bonchev–Trinajstić information content (AvgIpc) is 3.00. The van der Waals surface area contributed by atoms with Crippen LogP contribution in [0.2, 0.25) is 10.2 Å². The molecule has 3 rings (SSSR count). The fraction of sp³-hybridized carbons (Fsp3) is 0.118. The first kappa shape index (κ1) is 17.8. The molecule has 2 aromatic heterocycles. The third-order valence-electron chi connectivity index (χ3n) is 3.38. The van der Waals surface area contributed by atoms with Gasteiger partial charge in [-0.1, -0.05) is 23.2 Å².